The molecule has 0 heterocycles. The van der Waals surface area contributed by atoms with Crippen LogP contribution in [0.5, 0.6) is 0 Å². The van der Waals surface area contributed by atoms with Crippen molar-refractivity contribution < 1.29 is 4.43 Å². The summed E-state index contributed by atoms with van der Waals surface area (Å²) in [6.07, 6.45) is 11.6. The minimum absolute atomic E-state index is 0.321. The van der Waals surface area contributed by atoms with Crippen LogP contribution in [0.1, 0.15) is 65.7 Å². The predicted octanol–water partition coefficient (Wildman–Crippen LogP) is 6.73. The second-order valence-corrected chi connectivity index (χ2v) is 12.9. The van der Waals surface area contributed by atoms with Gasteiger partial charge in [0.15, 0.2) is 8.32 Å². The van der Waals surface area contributed by atoms with E-state index in [4.69, 9.17) is 4.43 Å². The first kappa shape index (κ1) is 20.6. The van der Waals surface area contributed by atoms with Crippen LogP contribution in [-0.4, -0.2) is 18.8 Å². The van der Waals surface area contributed by atoms with E-state index in [0.29, 0.717) is 11.1 Å². The zero-order valence-corrected chi connectivity index (χ0v) is 17.5. The molecule has 3 heteroatoms. The molecule has 0 aromatic rings. The Morgan fingerprint density at radius 1 is 1.10 bits per heavy atom. The van der Waals surface area contributed by atoms with Crippen molar-refractivity contribution in [2.75, 3.05) is 4.43 Å². The predicted molar refractivity (Wildman–Crippen MR) is 103 cm³/mol. The maximum Gasteiger partial charge on any atom is 0.192 e. The summed E-state index contributed by atoms with van der Waals surface area (Å²) >= 11 is 2.48. The van der Waals surface area contributed by atoms with E-state index in [-0.39, 0.29) is 0 Å². The van der Waals surface area contributed by atoms with Crippen molar-refractivity contribution in [1.82, 2.24) is 0 Å². The molecule has 0 spiro atoms. The molecule has 1 atom stereocenters. The van der Waals surface area contributed by atoms with Gasteiger partial charge in [0, 0.05) is 4.43 Å². The molecule has 0 aromatic carbocycles. The van der Waals surface area contributed by atoms with E-state index in [1.165, 1.54) is 44.9 Å². The van der Waals surface area contributed by atoms with Crippen LogP contribution in [-0.2, 0) is 4.43 Å². The summed E-state index contributed by atoms with van der Waals surface area (Å²) in [6.45, 7) is 15.5. The lowest BCUT2D eigenvalue weighted by Gasteiger charge is -2.39. The van der Waals surface area contributed by atoms with Crippen LogP contribution in [0.25, 0.3) is 0 Å². The second-order valence-electron chi connectivity index (χ2n) is 7.29. The highest BCUT2D eigenvalue weighted by atomic mass is 127. The van der Waals surface area contributed by atoms with Gasteiger partial charge in [0.25, 0.3) is 0 Å². The average Bonchev–Trinajstić information content (AvgIpc) is 2.34. The number of hydrogen-bond donors (Lipinski definition) is 0. The van der Waals surface area contributed by atoms with Gasteiger partial charge in [-0.2, -0.15) is 0 Å². The molecule has 0 saturated heterocycles. The minimum atomic E-state index is -1.59. The van der Waals surface area contributed by atoms with Gasteiger partial charge < -0.3 is 4.43 Å². The largest absolute Gasteiger partial charge is 0.413 e. The molecule has 0 bridgehead atoms. The van der Waals surface area contributed by atoms with Gasteiger partial charge in [0.2, 0.25) is 0 Å². The molecule has 0 aliphatic heterocycles. The Bertz CT molecular complexity index is 258. The topological polar surface area (TPSA) is 9.23 Å². The second kappa shape index (κ2) is 10.4. The number of rotatable bonds is 11. The summed E-state index contributed by atoms with van der Waals surface area (Å²) in [5, 5.41) is 0.321. The Balaban J connectivity index is 3.91. The Hall–Kier alpha value is 0.647. The van der Waals surface area contributed by atoms with Gasteiger partial charge >= 0.3 is 0 Å². The van der Waals surface area contributed by atoms with E-state index in [9.17, 15) is 0 Å². The lowest BCUT2D eigenvalue weighted by atomic mass is 10.1. The molecule has 0 radical (unpaired) electrons. The molecule has 0 aromatic heterocycles. The SMILES string of the molecule is C=CCCCCCCC[C@H](CI)O[Si](C)(C)C(C)(C)C. The molecule has 0 rings (SSSR count). The molecule has 0 saturated carbocycles. The van der Waals surface area contributed by atoms with E-state index in [1.54, 1.807) is 0 Å². The van der Waals surface area contributed by atoms with Crippen LogP contribution in [0.2, 0.25) is 18.1 Å². The minimum Gasteiger partial charge on any atom is -0.413 e. The summed E-state index contributed by atoms with van der Waals surface area (Å²) in [6, 6.07) is 0. The molecule has 0 unspecified atom stereocenters. The number of halogens is 1. The Morgan fingerprint density at radius 3 is 2.15 bits per heavy atom. The lowest BCUT2D eigenvalue weighted by Crippen LogP contribution is -2.44. The highest BCUT2D eigenvalue weighted by molar-refractivity contribution is 14.1. The molecule has 1 nitrogen and oxygen atoms in total. The molecule has 0 fully saturated rings. The monoisotopic (exact) mass is 410 g/mol. The fourth-order valence-electron chi connectivity index (χ4n) is 1.95. The van der Waals surface area contributed by atoms with E-state index in [2.05, 4.69) is 63.0 Å². The van der Waals surface area contributed by atoms with Gasteiger partial charge in [0.1, 0.15) is 0 Å². The third-order valence-corrected chi connectivity index (χ3v) is 9.89. The highest BCUT2D eigenvalue weighted by Gasteiger charge is 2.38. The van der Waals surface area contributed by atoms with E-state index < -0.39 is 8.32 Å². The van der Waals surface area contributed by atoms with Gasteiger partial charge in [0.05, 0.1) is 6.10 Å². The first-order valence-corrected chi connectivity index (χ1v) is 12.5. The van der Waals surface area contributed by atoms with Crippen LogP contribution in [0.15, 0.2) is 12.7 Å². The van der Waals surface area contributed by atoms with Crippen molar-refractivity contribution in [3.05, 3.63) is 12.7 Å². The fraction of sp³-hybridized carbons (Fsp3) is 0.882. The van der Waals surface area contributed by atoms with E-state index in [0.717, 1.165) is 4.43 Å². The first-order chi connectivity index (χ1) is 9.24. The molecule has 120 valence electrons. The third kappa shape index (κ3) is 8.83. The Morgan fingerprint density at radius 2 is 1.65 bits per heavy atom. The third-order valence-electron chi connectivity index (χ3n) is 4.37. The van der Waals surface area contributed by atoms with Gasteiger partial charge in [-0.25, -0.2) is 0 Å². The summed E-state index contributed by atoms with van der Waals surface area (Å²) < 4.78 is 7.64. The van der Waals surface area contributed by atoms with Crippen molar-refractivity contribution in [3.8, 4) is 0 Å². The van der Waals surface area contributed by atoms with Crippen LogP contribution < -0.4 is 0 Å². The summed E-state index contributed by atoms with van der Waals surface area (Å²) in [4.78, 5) is 0. The average molecular weight is 410 g/mol. The first-order valence-electron chi connectivity index (χ1n) is 8.09. The van der Waals surface area contributed by atoms with Gasteiger partial charge in [-0.3, -0.25) is 0 Å². The maximum atomic E-state index is 6.51. The summed E-state index contributed by atoms with van der Waals surface area (Å²) in [5.41, 5.74) is 0. The molecule has 0 aliphatic rings. The zero-order chi connectivity index (χ0) is 15.6. The summed E-state index contributed by atoms with van der Waals surface area (Å²) in [5.74, 6) is 0. The maximum absolute atomic E-state index is 6.51. The molecule has 0 amide bonds. The zero-order valence-electron chi connectivity index (χ0n) is 14.3. The highest BCUT2D eigenvalue weighted by Crippen LogP contribution is 2.38. The van der Waals surface area contributed by atoms with Gasteiger partial charge in [-0.15, -0.1) is 6.58 Å². The number of alkyl halides is 1. The molecule has 0 aliphatic carbocycles. The smallest absolute Gasteiger partial charge is 0.192 e. The fourth-order valence-corrected chi connectivity index (χ4v) is 4.30. The quantitative estimate of drug-likeness (QED) is 0.121. The van der Waals surface area contributed by atoms with Crippen molar-refractivity contribution in [2.24, 2.45) is 0 Å². The van der Waals surface area contributed by atoms with Crippen molar-refractivity contribution in [2.45, 2.75) is 90.0 Å². The number of allylic oxidation sites excluding steroid dienone is 1. The van der Waals surface area contributed by atoms with E-state index in [1.807, 2.05) is 6.08 Å². The number of unbranched alkanes of at least 4 members (excludes halogenated alkanes) is 5. The van der Waals surface area contributed by atoms with Crippen LogP contribution in [0.4, 0.5) is 0 Å². The van der Waals surface area contributed by atoms with Crippen LogP contribution in [0, 0.1) is 0 Å². The van der Waals surface area contributed by atoms with Crippen LogP contribution in [0.3, 0.4) is 0 Å². The van der Waals surface area contributed by atoms with Crippen molar-refractivity contribution in [3.63, 3.8) is 0 Å². The van der Waals surface area contributed by atoms with Crippen molar-refractivity contribution in [1.29, 1.82) is 0 Å². The van der Waals surface area contributed by atoms with Crippen molar-refractivity contribution >= 4 is 30.9 Å². The van der Waals surface area contributed by atoms with Crippen LogP contribution >= 0.6 is 22.6 Å². The number of hydrogen-bond acceptors (Lipinski definition) is 1. The van der Waals surface area contributed by atoms with Gasteiger partial charge in [-0.05, 0) is 37.4 Å². The lowest BCUT2D eigenvalue weighted by molar-refractivity contribution is 0.192. The van der Waals surface area contributed by atoms with Gasteiger partial charge in [-0.1, -0.05) is 75.1 Å². The summed E-state index contributed by atoms with van der Waals surface area (Å²) in [7, 11) is -1.59. The normalized spacial score (nSPS) is 14.3. The standard InChI is InChI=1S/C17H35IOSi/c1-7-8-9-10-11-12-13-14-16(15-18)19-20(5,6)17(2,3)4/h7,16H,1,8-15H2,2-6H3/t16-/m1/s1. The molecular weight excluding hydrogens is 375 g/mol. The molecular formula is C17H35IOSi. The molecule has 20 heavy (non-hydrogen) atoms. The van der Waals surface area contributed by atoms with E-state index >= 15 is 0 Å². The molecule has 0 N–H and O–H groups in total. The Kier molecular flexibility index (Phi) is 10.7. The Labute approximate surface area is 142 Å².